The van der Waals surface area contributed by atoms with Crippen LogP contribution in [-0.4, -0.2) is 15.6 Å². The molecule has 1 fully saturated rings. The maximum atomic E-state index is 11.7. The van der Waals surface area contributed by atoms with Crippen molar-refractivity contribution in [3.05, 3.63) is 36.0 Å². The van der Waals surface area contributed by atoms with Gasteiger partial charge in [-0.2, -0.15) is 0 Å². The van der Waals surface area contributed by atoms with Crippen LogP contribution in [0.25, 0.3) is 10.9 Å². The quantitative estimate of drug-likeness (QED) is 0.901. The van der Waals surface area contributed by atoms with Crippen molar-refractivity contribution in [3.8, 4) is 0 Å². The molecule has 0 radical (unpaired) electrons. The Morgan fingerprint density at radius 2 is 1.86 bits per heavy atom. The Bertz CT molecular complexity index is 663. The Balaban J connectivity index is 2.20. The minimum atomic E-state index is -0.865. The van der Waals surface area contributed by atoms with Gasteiger partial charge in [-0.05, 0) is 44.2 Å². The van der Waals surface area contributed by atoms with Crippen molar-refractivity contribution in [1.82, 2.24) is 4.57 Å². The molecule has 112 valence electrons. The normalized spacial score (nSPS) is 17.2. The van der Waals surface area contributed by atoms with Gasteiger partial charge in [-0.3, -0.25) is 4.79 Å². The summed E-state index contributed by atoms with van der Waals surface area (Å²) in [4.78, 5) is 11.7. The largest absolute Gasteiger partial charge is 0.481 e. The van der Waals surface area contributed by atoms with E-state index in [0.29, 0.717) is 6.04 Å². The first-order valence-corrected chi connectivity index (χ1v) is 7.85. The monoisotopic (exact) mass is 285 g/mol. The van der Waals surface area contributed by atoms with E-state index in [9.17, 15) is 9.90 Å². The Kier molecular flexibility index (Phi) is 3.52. The molecular formula is C18H23NO2. The molecule has 0 aliphatic heterocycles. The molecule has 2 aromatic rings. The van der Waals surface area contributed by atoms with Crippen LogP contribution in [-0.2, 0) is 10.2 Å². The molecule has 0 amide bonds. The van der Waals surface area contributed by atoms with E-state index in [4.69, 9.17) is 0 Å². The number of carboxylic acids is 1. The number of benzene rings is 1. The van der Waals surface area contributed by atoms with Crippen molar-refractivity contribution >= 4 is 16.9 Å². The summed E-state index contributed by atoms with van der Waals surface area (Å²) in [6, 6.07) is 10.8. The van der Waals surface area contributed by atoms with E-state index in [-0.39, 0.29) is 0 Å². The van der Waals surface area contributed by atoms with Gasteiger partial charge in [-0.1, -0.05) is 37.5 Å². The third-order valence-electron chi connectivity index (χ3n) is 4.86. The summed E-state index contributed by atoms with van der Waals surface area (Å²) in [6.07, 6.45) is 6.09. The summed E-state index contributed by atoms with van der Waals surface area (Å²) < 4.78 is 2.31. The topological polar surface area (TPSA) is 42.2 Å². The van der Waals surface area contributed by atoms with Crippen LogP contribution in [0.2, 0.25) is 0 Å². The minimum Gasteiger partial charge on any atom is -0.481 e. The fourth-order valence-electron chi connectivity index (χ4n) is 3.50. The molecule has 0 unspecified atom stereocenters. The lowest BCUT2D eigenvalue weighted by Crippen LogP contribution is -2.32. The van der Waals surface area contributed by atoms with E-state index >= 15 is 0 Å². The lowest BCUT2D eigenvalue weighted by Gasteiger charge is -2.30. The number of para-hydroxylation sites is 1. The van der Waals surface area contributed by atoms with E-state index < -0.39 is 11.4 Å². The Morgan fingerprint density at radius 1 is 1.19 bits per heavy atom. The Morgan fingerprint density at radius 3 is 2.52 bits per heavy atom. The molecule has 0 atom stereocenters. The van der Waals surface area contributed by atoms with Gasteiger partial charge in [0.05, 0.1) is 0 Å². The van der Waals surface area contributed by atoms with Crippen LogP contribution >= 0.6 is 0 Å². The zero-order chi connectivity index (χ0) is 15.0. The molecule has 1 saturated carbocycles. The van der Waals surface area contributed by atoms with Crippen molar-refractivity contribution in [3.63, 3.8) is 0 Å². The zero-order valence-electron chi connectivity index (χ0n) is 12.8. The highest BCUT2D eigenvalue weighted by Crippen LogP contribution is 2.38. The van der Waals surface area contributed by atoms with Crippen molar-refractivity contribution in [2.24, 2.45) is 0 Å². The molecule has 3 heteroatoms. The summed E-state index contributed by atoms with van der Waals surface area (Å²) in [5.41, 5.74) is 1.24. The third kappa shape index (κ3) is 2.35. The smallest absolute Gasteiger partial charge is 0.315 e. The van der Waals surface area contributed by atoms with E-state index in [2.05, 4.69) is 22.8 Å². The van der Waals surface area contributed by atoms with Crippen molar-refractivity contribution in [1.29, 1.82) is 0 Å². The number of hydrogen-bond acceptors (Lipinski definition) is 1. The maximum Gasteiger partial charge on any atom is 0.315 e. The second-order valence-corrected chi connectivity index (χ2v) is 6.68. The highest BCUT2D eigenvalue weighted by Gasteiger charge is 2.35. The predicted molar refractivity (Wildman–Crippen MR) is 84.7 cm³/mol. The summed E-state index contributed by atoms with van der Waals surface area (Å²) in [6.45, 7) is 3.62. The molecule has 1 N–H and O–H groups in total. The molecule has 1 aromatic carbocycles. The molecule has 0 saturated heterocycles. The average Bonchev–Trinajstić information content (AvgIpc) is 2.88. The fraction of sp³-hybridized carbons (Fsp3) is 0.500. The zero-order valence-corrected chi connectivity index (χ0v) is 12.8. The van der Waals surface area contributed by atoms with Gasteiger partial charge in [0, 0.05) is 17.3 Å². The van der Waals surface area contributed by atoms with Gasteiger partial charge in [-0.25, -0.2) is 0 Å². The summed E-state index contributed by atoms with van der Waals surface area (Å²) in [5.74, 6) is -0.762. The molecule has 1 aliphatic rings. The fourth-order valence-corrected chi connectivity index (χ4v) is 3.50. The third-order valence-corrected chi connectivity index (χ3v) is 4.86. The van der Waals surface area contributed by atoms with Gasteiger partial charge < -0.3 is 9.67 Å². The van der Waals surface area contributed by atoms with Gasteiger partial charge in [0.15, 0.2) is 0 Å². The number of carboxylic acid groups (broad SMARTS) is 1. The first-order chi connectivity index (χ1) is 10.0. The molecule has 0 spiro atoms. The summed E-state index contributed by atoms with van der Waals surface area (Å²) in [7, 11) is 0. The molecular weight excluding hydrogens is 262 g/mol. The van der Waals surface area contributed by atoms with E-state index in [1.807, 2.05) is 26.0 Å². The van der Waals surface area contributed by atoms with E-state index in [1.54, 1.807) is 0 Å². The van der Waals surface area contributed by atoms with E-state index in [1.165, 1.54) is 24.8 Å². The van der Waals surface area contributed by atoms with Crippen LogP contribution in [0, 0.1) is 0 Å². The lowest BCUT2D eigenvalue weighted by molar-refractivity contribution is -0.142. The molecule has 3 rings (SSSR count). The average molecular weight is 285 g/mol. The van der Waals surface area contributed by atoms with Crippen molar-refractivity contribution in [2.75, 3.05) is 0 Å². The van der Waals surface area contributed by atoms with E-state index in [0.717, 1.165) is 23.9 Å². The van der Waals surface area contributed by atoms with Crippen LogP contribution < -0.4 is 0 Å². The number of nitrogens with zero attached hydrogens (tertiary/aromatic N) is 1. The second kappa shape index (κ2) is 5.21. The molecule has 1 aromatic heterocycles. The van der Waals surface area contributed by atoms with Crippen LogP contribution in [0.4, 0.5) is 0 Å². The van der Waals surface area contributed by atoms with Crippen LogP contribution in [0.3, 0.4) is 0 Å². The van der Waals surface area contributed by atoms with Crippen LogP contribution in [0.1, 0.15) is 57.7 Å². The SMILES string of the molecule is CC(C)(C(=O)O)c1cc2ccccc2n1C1CCCCC1. The maximum absolute atomic E-state index is 11.7. The lowest BCUT2D eigenvalue weighted by atomic mass is 9.87. The minimum absolute atomic E-state index is 0.437. The van der Waals surface area contributed by atoms with Crippen LogP contribution in [0.5, 0.6) is 0 Å². The summed E-state index contributed by atoms with van der Waals surface area (Å²) in [5, 5.41) is 10.8. The molecule has 1 aliphatic carbocycles. The number of aromatic nitrogens is 1. The van der Waals surface area contributed by atoms with Gasteiger partial charge in [0.2, 0.25) is 0 Å². The Labute approximate surface area is 125 Å². The second-order valence-electron chi connectivity index (χ2n) is 6.68. The molecule has 1 heterocycles. The highest BCUT2D eigenvalue weighted by molar-refractivity contribution is 5.86. The number of aliphatic carboxylic acids is 1. The predicted octanol–water partition coefficient (Wildman–Crippen LogP) is 4.51. The van der Waals surface area contributed by atoms with Crippen molar-refractivity contribution in [2.45, 2.75) is 57.4 Å². The number of carbonyl (C=O) groups is 1. The number of hydrogen-bond donors (Lipinski definition) is 1. The standard InChI is InChI=1S/C18H23NO2/c1-18(2,17(20)21)16-12-13-8-6-7-11-15(13)19(16)14-9-4-3-5-10-14/h6-8,11-12,14H,3-5,9-10H2,1-2H3,(H,20,21). The van der Waals surface area contributed by atoms with Gasteiger partial charge in [0.25, 0.3) is 0 Å². The number of fused-ring (bicyclic) bond motifs is 1. The molecule has 0 bridgehead atoms. The van der Waals surface area contributed by atoms with Crippen molar-refractivity contribution < 1.29 is 9.90 Å². The summed E-state index contributed by atoms with van der Waals surface area (Å²) >= 11 is 0. The van der Waals surface area contributed by atoms with Gasteiger partial charge >= 0.3 is 5.97 Å². The Hall–Kier alpha value is -1.77. The highest BCUT2D eigenvalue weighted by atomic mass is 16.4. The van der Waals surface area contributed by atoms with Gasteiger partial charge in [0.1, 0.15) is 5.41 Å². The first-order valence-electron chi connectivity index (χ1n) is 7.85. The number of rotatable bonds is 3. The molecule has 3 nitrogen and oxygen atoms in total. The van der Waals surface area contributed by atoms with Crippen LogP contribution in [0.15, 0.2) is 30.3 Å². The first kappa shape index (κ1) is 14.2. The van der Waals surface area contributed by atoms with Gasteiger partial charge in [-0.15, -0.1) is 0 Å². The molecule has 21 heavy (non-hydrogen) atoms.